The van der Waals surface area contributed by atoms with Gasteiger partial charge in [0.25, 0.3) is 5.91 Å². The van der Waals surface area contributed by atoms with Crippen LogP contribution in [-0.4, -0.2) is 15.7 Å². The summed E-state index contributed by atoms with van der Waals surface area (Å²) in [6.07, 6.45) is 1.89. The van der Waals surface area contributed by atoms with Gasteiger partial charge >= 0.3 is 0 Å². The molecule has 0 bridgehead atoms. The molecule has 4 rings (SSSR count). The minimum absolute atomic E-state index is 0.175. The molecule has 4 nitrogen and oxygen atoms in total. The van der Waals surface area contributed by atoms with Crippen LogP contribution in [-0.2, 0) is 7.05 Å². The second-order valence-corrected chi connectivity index (χ2v) is 8.40. The van der Waals surface area contributed by atoms with Gasteiger partial charge in [0.1, 0.15) is 5.69 Å². The van der Waals surface area contributed by atoms with Crippen molar-refractivity contribution in [3.63, 3.8) is 0 Å². The Morgan fingerprint density at radius 2 is 1.57 bits per heavy atom. The number of rotatable bonds is 4. The normalized spacial score (nSPS) is 10.8. The van der Waals surface area contributed by atoms with Gasteiger partial charge in [-0.05, 0) is 76.6 Å². The fourth-order valence-electron chi connectivity index (χ4n) is 3.14. The minimum atomic E-state index is -0.175. The van der Waals surface area contributed by atoms with E-state index >= 15 is 0 Å². The topological polar surface area (TPSA) is 38.1 Å². The average molecular weight is 501 g/mol. The van der Waals surface area contributed by atoms with Gasteiger partial charge in [0.15, 0.2) is 0 Å². The van der Waals surface area contributed by atoms with E-state index < -0.39 is 0 Å². The predicted molar refractivity (Wildman–Crippen MR) is 126 cm³/mol. The van der Waals surface area contributed by atoms with E-state index in [9.17, 15) is 4.79 Å². The molecule has 3 aromatic carbocycles. The standard InChI is InChI=1S/C23H16BrCl2N3O/c1-28-14-21(24)22(27-28)16-3-2-4-20(13-16)29(19-11-9-18(26)10-12-19)23(30)15-5-7-17(25)8-6-15/h2-14H,1H3. The van der Waals surface area contributed by atoms with E-state index in [1.54, 1.807) is 46.0 Å². The van der Waals surface area contributed by atoms with Gasteiger partial charge in [0.05, 0.1) is 4.47 Å². The number of aryl methyl sites for hydroxylation is 1. The third-order valence-electron chi connectivity index (χ3n) is 4.54. The van der Waals surface area contributed by atoms with Gasteiger partial charge in [-0.1, -0.05) is 35.3 Å². The summed E-state index contributed by atoms with van der Waals surface area (Å²) < 4.78 is 2.62. The van der Waals surface area contributed by atoms with E-state index in [0.29, 0.717) is 27.0 Å². The van der Waals surface area contributed by atoms with Gasteiger partial charge in [-0.3, -0.25) is 14.4 Å². The van der Waals surface area contributed by atoms with Gasteiger partial charge in [-0.2, -0.15) is 5.10 Å². The number of carbonyl (C=O) groups excluding carboxylic acids is 1. The molecule has 1 aromatic heterocycles. The lowest BCUT2D eigenvalue weighted by atomic mass is 10.1. The highest BCUT2D eigenvalue weighted by molar-refractivity contribution is 9.10. The zero-order valence-corrected chi connectivity index (χ0v) is 19.0. The fourth-order valence-corrected chi connectivity index (χ4v) is 4.00. The van der Waals surface area contributed by atoms with E-state index in [4.69, 9.17) is 23.2 Å². The first kappa shape index (κ1) is 20.7. The maximum absolute atomic E-state index is 13.5. The van der Waals surface area contributed by atoms with Crippen LogP contribution in [0.15, 0.2) is 83.5 Å². The van der Waals surface area contributed by atoms with Crippen molar-refractivity contribution in [2.24, 2.45) is 7.05 Å². The van der Waals surface area contributed by atoms with Gasteiger partial charge in [0, 0.05) is 45.8 Å². The number of anilines is 2. The number of hydrogen-bond donors (Lipinski definition) is 0. The van der Waals surface area contributed by atoms with E-state index in [2.05, 4.69) is 21.0 Å². The quantitative estimate of drug-likeness (QED) is 0.298. The molecule has 150 valence electrons. The summed E-state index contributed by atoms with van der Waals surface area (Å²) in [6, 6.07) is 21.7. The summed E-state index contributed by atoms with van der Waals surface area (Å²) >= 11 is 15.6. The lowest BCUT2D eigenvalue weighted by Gasteiger charge is -2.24. The molecule has 0 saturated carbocycles. The van der Waals surface area contributed by atoms with Crippen molar-refractivity contribution in [1.82, 2.24) is 9.78 Å². The van der Waals surface area contributed by atoms with Gasteiger partial charge < -0.3 is 0 Å². The molecular formula is C23H16BrCl2N3O. The van der Waals surface area contributed by atoms with Crippen molar-refractivity contribution in [3.8, 4) is 11.3 Å². The molecule has 1 heterocycles. The van der Waals surface area contributed by atoms with Crippen molar-refractivity contribution in [1.29, 1.82) is 0 Å². The number of nitrogens with zero attached hydrogens (tertiary/aromatic N) is 3. The molecule has 0 aliphatic rings. The molecule has 0 N–H and O–H groups in total. The molecule has 0 radical (unpaired) electrons. The van der Waals surface area contributed by atoms with Gasteiger partial charge in [-0.25, -0.2) is 0 Å². The van der Waals surface area contributed by atoms with Crippen molar-refractivity contribution in [2.75, 3.05) is 4.90 Å². The summed E-state index contributed by atoms with van der Waals surface area (Å²) in [5, 5.41) is 5.69. The summed E-state index contributed by atoms with van der Waals surface area (Å²) in [5.74, 6) is -0.175. The van der Waals surface area contributed by atoms with E-state index in [-0.39, 0.29) is 5.91 Å². The van der Waals surface area contributed by atoms with Crippen molar-refractivity contribution in [3.05, 3.63) is 99.1 Å². The molecule has 0 saturated heterocycles. The Hall–Kier alpha value is -2.60. The highest BCUT2D eigenvalue weighted by Gasteiger charge is 2.21. The van der Waals surface area contributed by atoms with Crippen LogP contribution >= 0.6 is 39.1 Å². The lowest BCUT2D eigenvalue weighted by molar-refractivity contribution is 0.0999. The van der Waals surface area contributed by atoms with Gasteiger partial charge in [-0.15, -0.1) is 0 Å². The Morgan fingerprint density at radius 3 is 2.17 bits per heavy atom. The molecule has 0 aliphatic carbocycles. The van der Waals surface area contributed by atoms with Crippen LogP contribution < -0.4 is 4.90 Å². The monoisotopic (exact) mass is 499 g/mol. The largest absolute Gasteiger partial charge is 0.277 e. The Balaban J connectivity index is 1.83. The van der Waals surface area contributed by atoms with Crippen LogP contribution in [0.4, 0.5) is 11.4 Å². The number of hydrogen-bond acceptors (Lipinski definition) is 2. The second-order valence-electron chi connectivity index (χ2n) is 6.67. The molecule has 0 fully saturated rings. The first-order valence-corrected chi connectivity index (χ1v) is 10.6. The Labute approximate surface area is 192 Å². The molecule has 7 heteroatoms. The summed E-state index contributed by atoms with van der Waals surface area (Å²) in [7, 11) is 1.86. The fraction of sp³-hybridized carbons (Fsp3) is 0.0435. The highest BCUT2D eigenvalue weighted by Crippen LogP contribution is 2.33. The third-order valence-corrected chi connectivity index (χ3v) is 5.63. The zero-order valence-electron chi connectivity index (χ0n) is 15.9. The summed E-state index contributed by atoms with van der Waals surface area (Å²) in [6.45, 7) is 0. The van der Waals surface area contributed by atoms with Crippen molar-refractivity contribution in [2.45, 2.75) is 0 Å². The maximum Gasteiger partial charge on any atom is 0.262 e. The Morgan fingerprint density at radius 1 is 0.933 bits per heavy atom. The van der Waals surface area contributed by atoms with Crippen LogP contribution in [0.2, 0.25) is 10.0 Å². The smallest absolute Gasteiger partial charge is 0.262 e. The molecule has 0 unspecified atom stereocenters. The SMILES string of the molecule is Cn1cc(Br)c(-c2cccc(N(C(=O)c3ccc(Cl)cc3)c3ccc(Cl)cc3)c2)n1. The van der Waals surface area contributed by atoms with Crippen LogP contribution in [0.5, 0.6) is 0 Å². The van der Waals surface area contributed by atoms with Crippen LogP contribution in [0, 0.1) is 0 Å². The van der Waals surface area contributed by atoms with Crippen LogP contribution in [0.25, 0.3) is 11.3 Å². The zero-order chi connectivity index (χ0) is 21.3. The Kier molecular flexibility index (Phi) is 5.95. The first-order valence-electron chi connectivity index (χ1n) is 9.07. The van der Waals surface area contributed by atoms with Crippen LogP contribution in [0.3, 0.4) is 0 Å². The van der Waals surface area contributed by atoms with Crippen LogP contribution in [0.1, 0.15) is 10.4 Å². The van der Waals surface area contributed by atoms with E-state index in [1.807, 2.05) is 49.6 Å². The number of aromatic nitrogens is 2. The molecule has 0 spiro atoms. The number of carbonyl (C=O) groups is 1. The Bertz CT molecular complexity index is 1200. The summed E-state index contributed by atoms with van der Waals surface area (Å²) in [4.78, 5) is 15.1. The molecule has 4 aromatic rings. The minimum Gasteiger partial charge on any atom is -0.277 e. The second kappa shape index (κ2) is 8.64. The molecule has 0 atom stereocenters. The van der Waals surface area contributed by atoms with E-state index in [1.165, 1.54) is 0 Å². The predicted octanol–water partition coefficient (Wildman–Crippen LogP) is 7.13. The van der Waals surface area contributed by atoms with Gasteiger partial charge in [0.2, 0.25) is 0 Å². The molecule has 1 amide bonds. The number of benzene rings is 3. The summed E-state index contributed by atoms with van der Waals surface area (Å²) in [5.41, 5.74) is 3.64. The lowest BCUT2D eigenvalue weighted by Crippen LogP contribution is -2.25. The first-order chi connectivity index (χ1) is 14.4. The third kappa shape index (κ3) is 4.29. The highest BCUT2D eigenvalue weighted by atomic mass is 79.9. The molecule has 30 heavy (non-hydrogen) atoms. The average Bonchev–Trinajstić information content (AvgIpc) is 3.08. The van der Waals surface area contributed by atoms with Crippen molar-refractivity contribution >= 4 is 56.4 Å². The maximum atomic E-state index is 13.5. The number of amides is 1. The van der Waals surface area contributed by atoms with E-state index in [0.717, 1.165) is 15.7 Å². The molecule has 0 aliphatic heterocycles. The molecular weight excluding hydrogens is 485 g/mol. The van der Waals surface area contributed by atoms with Crippen molar-refractivity contribution < 1.29 is 4.79 Å². The number of halogens is 3.